The molecule has 0 fully saturated rings. The second kappa shape index (κ2) is 22.8. The van der Waals surface area contributed by atoms with Crippen LogP contribution >= 0.6 is 0 Å². The van der Waals surface area contributed by atoms with Crippen LogP contribution in [0, 0.1) is 52.2 Å². The lowest BCUT2D eigenvalue weighted by Crippen LogP contribution is -2.02. The van der Waals surface area contributed by atoms with Crippen molar-refractivity contribution in [3.05, 3.63) is 307 Å². The number of rotatable bonds is 10. The average molecular weight is 1220 g/mol. The summed E-state index contributed by atoms with van der Waals surface area (Å²) in [6.07, 6.45) is 0. The highest BCUT2D eigenvalue weighted by Crippen LogP contribution is 2.46. The molecular weight excluding hydrogens is 1180 g/mol. The molecule has 0 unspecified atom stereocenters. The van der Waals surface area contributed by atoms with Crippen LogP contribution in [0.4, 0.5) is 0 Å². The van der Waals surface area contributed by atoms with E-state index in [1.165, 1.54) is 16.3 Å². The van der Waals surface area contributed by atoms with Crippen molar-refractivity contribution < 1.29 is 0 Å². The highest BCUT2D eigenvalue weighted by Gasteiger charge is 2.25. The van der Waals surface area contributed by atoms with E-state index in [1.54, 1.807) is 0 Å². The molecule has 0 amide bonds. The highest BCUT2D eigenvalue weighted by atomic mass is 15.0. The molecule has 17 aromatic rings. The van der Waals surface area contributed by atoms with Crippen LogP contribution in [0.2, 0.25) is 0 Å². The van der Waals surface area contributed by atoms with Crippen molar-refractivity contribution >= 4 is 65.4 Å². The van der Waals surface area contributed by atoms with Gasteiger partial charge in [0.1, 0.15) is 0 Å². The predicted molar refractivity (Wildman–Crippen MR) is 382 cm³/mol. The minimum absolute atomic E-state index is 0.495. The second-order valence-corrected chi connectivity index (χ2v) is 23.9. The van der Waals surface area contributed by atoms with Gasteiger partial charge in [-0.2, -0.15) is 21.0 Å². The zero-order chi connectivity index (χ0) is 64.5. The Morgan fingerprint density at radius 2 is 0.646 bits per heavy atom. The SMILES string of the molecule is Cc1ccc2c(c1)c1ccccc1n2-c1ccc(-c2cc(-c3ccccc3-c3nc(-c4ccccc4)nc(-c4ccccc4)n3)c(-c3ccc(-n4c5ccc(C#N)cc5c5cc(C#N)ccc54)cc3)c(-c3ccc(-n4c5ccc(C#N)cc5c5cc(C#N)ccc54)cc3)n2)cc1. The molecule has 0 atom stereocenters. The summed E-state index contributed by atoms with van der Waals surface area (Å²) in [5, 5.41) is 46.1. The molecule has 0 aliphatic heterocycles. The number of nitriles is 4. The van der Waals surface area contributed by atoms with E-state index in [9.17, 15) is 21.0 Å². The van der Waals surface area contributed by atoms with Crippen molar-refractivity contribution in [2.75, 3.05) is 0 Å². The summed E-state index contributed by atoms with van der Waals surface area (Å²) in [6, 6.07) is 103. The van der Waals surface area contributed by atoms with Gasteiger partial charge in [-0.1, -0.05) is 151 Å². The molecule has 0 aliphatic carbocycles. The lowest BCUT2D eigenvalue weighted by atomic mass is 9.87. The monoisotopic (exact) mass is 1220 g/mol. The largest absolute Gasteiger partial charge is 0.309 e. The van der Waals surface area contributed by atoms with Crippen LogP contribution < -0.4 is 0 Å². The molecule has 12 aromatic carbocycles. The van der Waals surface area contributed by atoms with Crippen molar-refractivity contribution in [1.82, 2.24) is 33.6 Å². The molecule has 11 nitrogen and oxygen atoms in total. The van der Waals surface area contributed by atoms with Gasteiger partial charge in [0, 0.05) is 82.8 Å². The van der Waals surface area contributed by atoms with Crippen molar-refractivity contribution in [2.24, 2.45) is 0 Å². The second-order valence-electron chi connectivity index (χ2n) is 23.9. The van der Waals surface area contributed by atoms with E-state index < -0.39 is 0 Å². The first-order valence-corrected chi connectivity index (χ1v) is 31.4. The minimum atomic E-state index is 0.495. The zero-order valence-corrected chi connectivity index (χ0v) is 51.5. The molecule has 444 valence electrons. The molecule has 0 bridgehead atoms. The van der Waals surface area contributed by atoms with Gasteiger partial charge in [-0.05, 0) is 157 Å². The van der Waals surface area contributed by atoms with Gasteiger partial charge in [-0.25, -0.2) is 19.9 Å². The quantitative estimate of drug-likeness (QED) is 0.131. The molecule has 5 heterocycles. The lowest BCUT2D eigenvalue weighted by molar-refractivity contribution is 1.07. The number of pyridine rings is 1. The molecule has 0 N–H and O–H groups in total. The Balaban J connectivity index is 0.919. The average Bonchev–Trinajstić information content (AvgIpc) is 1.52. The Labute approximate surface area is 551 Å². The molecule has 96 heavy (non-hydrogen) atoms. The number of nitrogens with zero attached hydrogens (tertiary/aromatic N) is 11. The number of hydrogen-bond acceptors (Lipinski definition) is 8. The number of aromatic nitrogens is 7. The zero-order valence-electron chi connectivity index (χ0n) is 51.5. The Morgan fingerprint density at radius 1 is 0.271 bits per heavy atom. The summed E-state index contributed by atoms with van der Waals surface area (Å²) in [5.41, 5.74) is 21.1. The minimum Gasteiger partial charge on any atom is -0.309 e. The first-order chi connectivity index (χ1) is 47.3. The third kappa shape index (κ3) is 9.40. The van der Waals surface area contributed by atoms with E-state index in [2.05, 4.69) is 184 Å². The number of aryl methyl sites for hydroxylation is 1. The van der Waals surface area contributed by atoms with Crippen LogP contribution in [0.15, 0.2) is 279 Å². The van der Waals surface area contributed by atoms with Gasteiger partial charge in [0.2, 0.25) is 0 Å². The first kappa shape index (κ1) is 56.2. The highest BCUT2D eigenvalue weighted by molar-refractivity contribution is 6.12. The van der Waals surface area contributed by atoms with Crippen molar-refractivity contribution in [1.29, 1.82) is 21.0 Å². The van der Waals surface area contributed by atoms with E-state index in [0.717, 1.165) is 127 Å². The fourth-order valence-electron chi connectivity index (χ4n) is 13.8. The van der Waals surface area contributed by atoms with Gasteiger partial charge in [0.25, 0.3) is 0 Å². The van der Waals surface area contributed by atoms with Crippen molar-refractivity contribution in [2.45, 2.75) is 6.92 Å². The predicted octanol–water partition coefficient (Wildman–Crippen LogP) is 20.0. The number of para-hydroxylation sites is 1. The van der Waals surface area contributed by atoms with Gasteiger partial charge in [0.05, 0.1) is 91.0 Å². The van der Waals surface area contributed by atoms with Gasteiger partial charge < -0.3 is 13.7 Å². The van der Waals surface area contributed by atoms with Gasteiger partial charge in [0.15, 0.2) is 17.5 Å². The molecule has 0 spiro atoms. The Bertz CT molecular complexity index is 6030. The smallest absolute Gasteiger partial charge is 0.164 e. The van der Waals surface area contributed by atoms with Crippen LogP contribution in [-0.2, 0) is 0 Å². The number of fused-ring (bicyclic) bond motifs is 9. The summed E-state index contributed by atoms with van der Waals surface area (Å²) in [6.45, 7) is 2.13. The topological polar surface area (TPSA) is 162 Å². The maximum atomic E-state index is 10.1. The van der Waals surface area contributed by atoms with Crippen LogP contribution in [0.25, 0.3) is 161 Å². The number of hydrogen-bond donors (Lipinski definition) is 0. The van der Waals surface area contributed by atoms with Crippen LogP contribution in [0.5, 0.6) is 0 Å². The third-order valence-corrected chi connectivity index (χ3v) is 18.3. The van der Waals surface area contributed by atoms with Crippen molar-refractivity contribution in [3.63, 3.8) is 0 Å². The standard InChI is InChI=1S/C85H49N11/c1-52-20-37-76-68(42-52)66-17-10-11-19-75(66)94(76)62-31-25-57(26-32-62)74-47-73(65-16-8-9-18-67(65)85-92-83(60-12-4-2-5-13-60)91-84(93-85)61-14-6-3-7-15-61)81(58-27-33-63(34-28-58)95-77-38-21-53(48-86)43-69(77)70-44-54(49-87)22-39-78(70)95)82(90-74)59-29-35-64(36-30-59)96-79-40-23-55(50-88)45-71(79)72-46-56(51-89)24-41-80(72)96/h2-47H,1H3. The molecule has 0 aliphatic rings. The fourth-order valence-corrected chi connectivity index (χ4v) is 13.8. The molecule has 11 heteroatoms. The molecule has 5 aromatic heterocycles. The Morgan fingerprint density at radius 3 is 1.11 bits per heavy atom. The number of benzene rings is 12. The first-order valence-electron chi connectivity index (χ1n) is 31.4. The van der Waals surface area contributed by atoms with Crippen LogP contribution in [-0.4, -0.2) is 33.6 Å². The summed E-state index contributed by atoms with van der Waals surface area (Å²) >= 11 is 0. The molecular formula is C85H49N11. The summed E-state index contributed by atoms with van der Waals surface area (Å²) in [5.74, 6) is 1.57. The van der Waals surface area contributed by atoms with Gasteiger partial charge in [-0.3, -0.25) is 0 Å². The van der Waals surface area contributed by atoms with Crippen LogP contribution in [0.1, 0.15) is 27.8 Å². The normalized spacial score (nSPS) is 11.3. The van der Waals surface area contributed by atoms with E-state index in [-0.39, 0.29) is 0 Å². The molecule has 0 saturated carbocycles. The van der Waals surface area contributed by atoms with Gasteiger partial charge >= 0.3 is 0 Å². The van der Waals surface area contributed by atoms with Crippen LogP contribution in [0.3, 0.4) is 0 Å². The fraction of sp³-hybridized carbons (Fsp3) is 0.0118. The third-order valence-electron chi connectivity index (χ3n) is 18.3. The van der Waals surface area contributed by atoms with E-state index in [4.69, 9.17) is 19.9 Å². The van der Waals surface area contributed by atoms with E-state index >= 15 is 0 Å². The molecule has 0 saturated heterocycles. The summed E-state index contributed by atoms with van der Waals surface area (Å²) < 4.78 is 6.70. The molecule has 0 radical (unpaired) electrons. The maximum Gasteiger partial charge on any atom is 0.164 e. The maximum absolute atomic E-state index is 10.1. The Kier molecular flexibility index (Phi) is 13.4. The summed E-state index contributed by atoms with van der Waals surface area (Å²) in [4.78, 5) is 21.6. The van der Waals surface area contributed by atoms with Gasteiger partial charge in [-0.15, -0.1) is 0 Å². The lowest BCUT2D eigenvalue weighted by Gasteiger charge is -2.21. The molecule has 17 rings (SSSR count). The van der Waals surface area contributed by atoms with Crippen molar-refractivity contribution in [3.8, 4) is 120 Å². The van der Waals surface area contributed by atoms with E-state index in [0.29, 0.717) is 45.4 Å². The Hall–Kier alpha value is -13.8. The van der Waals surface area contributed by atoms with E-state index in [1.807, 2.05) is 140 Å². The summed E-state index contributed by atoms with van der Waals surface area (Å²) in [7, 11) is 0.